The molecule has 0 bridgehead atoms. The van der Waals surface area contributed by atoms with Crippen molar-refractivity contribution in [3.63, 3.8) is 0 Å². The molecule has 0 spiro atoms. The van der Waals surface area contributed by atoms with E-state index in [9.17, 15) is 4.79 Å². The summed E-state index contributed by atoms with van der Waals surface area (Å²) >= 11 is 5.37. The van der Waals surface area contributed by atoms with Crippen molar-refractivity contribution in [2.45, 2.75) is 19.6 Å². The molecule has 2 heterocycles. The van der Waals surface area contributed by atoms with Crippen LogP contribution in [0.5, 0.6) is 11.5 Å². The van der Waals surface area contributed by atoms with Gasteiger partial charge in [-0.25, -0.2) is 0 Å². The van der Waals surface area contributed by atoms with Gasteiger partial charge in [-0.15, -0.1) is 0 Å². The number of amides is 1. The third-order valence-electron chi connectivity index (χ3n) is 5.19. The normalized spacial score (nSPS) is 15.3. The lowest BCUT2D eigenvalue weighted by molar-refractivity contribution is -0.113. The fourth-order valence-corrected chi connectivity index (χ4v) is 3.87. The number of thiocarbonyl (C=S) groups is 1. The van der Waals surface area contributed by atoms with Crippen LogP contribution in [0.4, 0.5) is 5.69 Å². The number of pyridine rings is 1. The van der Waals surface area contributed by atoms with E-state index in [0.29, 0.717) is 40.2 Å². The van der Waals surface area contributed by atoms with Crippen molar-refractivity contribution in [2.75, 3.05) is 12.4 Å². The highest BCUT2D eigenvalue weighted by atomic mass is 32.1. The largest absolute Gasteiger partial charge is 0.493 e. The van der Waals surface area contributed by atoms with Gasteiger partial charge in [-0.1, -0.05) is 36.4 Å². The van der Waals surface area contributed by atoms with Crippen molar-refractivity contribution in [1.29, 1.82) is 0 Å². The predicted molar refractivity (Wildman–Crippen MR) is 131 cm³/mol. The molecule has 1 aliphatic heterocycles. The molecule has 7 nitrogen and oxygen atoms in total. The fraction of sp³-hybridized carbons (Fsp3) is 0.160. The first-order chi connectivity index (χ1) is 16.0. The summed E-state index contributed by atoms with van der Waals surface area (Å²) in [6, 6.07) is 18.6. The lowest BCUT2D eigenvalue weighted by Gasteiger charge is -2.30. The molecular formula is C25H24N4O3S. The van der Waals surface area contributed by atoms with E-state index >= 15 is 0 Å². The van der Waals surface area contributed by atoms with E-state index in [2.05, 4.69) is 20.9 Å². The maximum absolute atomic E-state index is 13.2. The molecule has 0 fully saturated rings. The molecular weight excluding hydrogens is 436 g/mol. The van der Waals surface area contributed by atoms with Crippen LogP contribution in [-0.4, -0.2) is 23.1 Å². The van der Waals surface area contributed by atoms with Crippen LogP contribution in [0.25, 0.3) is 0 Å². The number of nitrogens with one attached hydrogen (secondary N) is 3. The van der Waals surface area contributed by atoms with Gasteiger partial charge >= 0.3 is 0 Å². The average molecular weight is 461 g/mol. The Hall–Kier alpha value is -3.91. The number of benzene rings is 2. The highest BCUT2D eigenvalue weighted by molar-refractivity contribution is 7.80. The fourth-order valence-electron chi connectivity index (χ4n) is 3.60. The maximum Gasteiger partial charge on any atom is 0.255 e. The first-order valence-electron chi connectivity index (χ1n) is 10.4. The molecule has 3 N–H and O–H groups in total. The summed E-state index contributed by atoms with van der Waals surface area (Å²) in [6.45, 7) is 2.22. The van der Waals surface area contributed by atoms with Gasteiger partial charge in [-0.2, -0.15) is 0 Å². The summed E-state index contributed by atoms with van der Waals surface area (Å²) in [5.41, 5.74) is 3.66. The molecule has 0 saturated heterocycles. The minimum atomic E-state index is -0.472. The van der Waals surface area contributed by atoms with Crippen molar-refractivity contribution in [3.8, 4) is 11.5 Å². The second kappa shape index (κ2) is 10.1. The standard InChI is InChI=1S/C25H24N4O3S/c1-16-22(24(30)28-19-9-6-12-26-14-19)23(29-25(33)27-16)18-10-11-20(31-2)21(13-18)32-15-17-7-4-3-5-8-17/h3-14,23H,15H2,1-2H3,(H,28,30)(H2,27,29,33). The monoisotopic (exact) mass is 460 g/mol. The van der Waals surface area contributed by atoms with Gasteiger partial charge in [0.2, 0.25) is 0 Å². The van der Waals surface area contributed by atoms with Crippen molar-refractivity contribution in [1.82, 2.24) is 15.6 Å². The van der Waals surface area contributed by atoms with E-state index in [1.165, 1.54) is 0 Å². The number of hydrogen-bond donors (Lipinski definition) is 3. The lowest BCUT2D eigenvalue weighted by Crippen LogP contribution is -2.45. The number of aromatic nitrogens is 1. The van der Waals surface area contributed by atoms with Crippen LogP contribution in [0, 0.1) is 0 Å². The zero-order chi connectivity index (χ0) is 23.2. The average Bonchev–Trinajstić information content (AvgIpc) is 2.83. The Labute approximate surface area is 197 Å². The van der Waals surface area contributed by atoms with Gasteiger partial charge < -0.3 is 25.4 Å². The van der Waals surface area contributed by atoms with Crippen LogP contribution >= 0.6 is 12.2 Å². The van der Waals surface area contributed by atoms with E-state index in [4.69, 9.17) is 21.7 Å². The number of carbonyl (C=O) groups is 1. The Balaban J connectivity index is 1.64. The first-order valence-corrected chi connectivity index (χ1v) is 10.8. The molecule has 2 aromatic carbocycles. The Morgan fingerprint density at radius 1 is 1.12 bits per heavy atom. The molecule has 1 aromatic heterocycles. The molecule has 168 valence electrons. The van der Waals surface area contributed by atoms with Crippen LogP contribution in [0.3, 0.4) is 0 Å². The number of carbonyl (C=O) groups excluding carboxylic acids is 1. The van der Waals surface area contributed by atoms with Crippen molar-refractivity contribution < 1.29 is 14.3 Å². The van der Waals surface area contributed by atoms with Gasteiger partial charge in [0.25, 0.3) is 5.91 Å². The Bertz CT molecular complexity index is 1180. The minimum Gasteiger partial charge on any atom is -0.493 e. The van der Waals surface area contributed by atoms with Crippen LogP contribution in [0.15, 0.2) is 84.3 Å². The Morgan fingerprint density at radius 2 is 1.94 bits per heavy atom. The molecule has 3 aromatic rings. The van der Waals surface area contributed by atoms with Crippen LogP contribution in [0.2, 0.25) is 0 Å². The van der Waals surface area contributed by atoms with E-state index in [1.54, 1.807) is 31.6 Å². The topological polar surface area (TPSA) is 84.5 Å². The minimum absolute atomic E-state index is 0.254. The van der Waals surface area contributed by atoms with E-state index in [0.717, 1.165) is 11.1 Å². The molecule has 1 atom stereocenters. The van der Waals surface area contributed by atoms with E-state index in [1.807, 2.05) is 55.5 Å². The summed E-state index contributed by atoms with van der Waals surface area (Å²) in [6.07, 6.45) is 3.25. The smallest absolute Gasteiger partial charge is 0.255 e. The molecule has 33 heavy (non-hydrogen) atoms. The molecule has 8 heteroatoms. The molecule has 4 rings (SSSR count). The number of nitrogens with zero attached hydrogens (tertiary/aromatic N) is 1. The number of allylic oxidation sites excluding steroid dienone is 1. The number of anilines is 1. The van der Waals surface area contributed by atoms with Gasteiger partial charge in [0.05, 0.1) is 30.6 Å². The summed E-state index contributed by atoms with van der Waals surface area (Å²) in [7, 11) is 1.60. The third-order valence-corrected chi connectivity index (χ3v) is 5.41. The van der Waals surface area contributed by atoms with Crippen molar-refractivity contribution in [2.24, 2.45) is 0 Å². The summed E-state index contributed by atoms with van der Waals surface area (Å²) in [5.74, 6) is 0.929. The van der Waals surface area contributed by atoms with Gasteiger partial charge in [-0.3, -0.25) is 9.78 Å². The summed E-state index contributed by atoms with van der Waals surface area (Å²) in [4.78, 5) is 17.3. The number of ether oxygens (including phenoxy) is 2. The third kappa shape index (κ3) is 5.30. The quantitative estimate of drug-likeness (QED) is 0.458. The Morgan fingerprint density at radius 3 is 2.67 bits per heavy atom. The SMILES string of the molecule is COc1ccc(C2NC(=S)NC(C)=C2C(=O)Nc2cccnc2)cc1OCc1ccccc1. The zero-order valence-electron chi connectivity index (χ0n) is 18.3. The number of methoxy groups -OCH3 is 1. The van der Waals surface area contributed by atoms with E-state index in [-0.39, 0.29) is 5.91 Å². The molecule has 0 aliphatic carbocycles. The number of hydrogen-bond acceptors (Lipinski definition) is 5. The molecule has 1 unspecified atom stereocenters. The maximum atomic E-state index is 13.2. The zero-order valence-corrected chi connectivity index (χ0v) is 19.1. The van der Waals surface area contributed by atoms with Gasteiger partial charge in [0.1, 0.15) is 6.61 Å². The number of rotatable bonds is 7. The summed E-state index contributed by atoms with van der Waals surface area (Å²) < 4.78 is 11.6. The molecule has 0 radical (unpaired) electrons. The van der Waals surface area contributed by atoms with Crippen LogP contribution in [0.1, 0.15) is 24.1 Å². The van der Waals surface area contributed by atoms with Gasteiger partial charge in [-0.05, 0) is 54.5 Å². The first kappa shape index (κ1) is 22.3. The van der Waals surface area contributed by atoms with Gasteiger partial charge in [0.15, 0.2) is 16.6 Å². The van der Waals surface area contributed by atoms with Crippen LogP contribution < -0.4 is 25.4 Å². The summed E-state index contributed by atoms with van der Waals surface area (Å²) in [5, 5.41) is 9.60. The van der Waals surface area contributed by atoms with Crippen molar-refractivity contribution >= 4 is 28.9 Å². The van der Waals surface area contributed by atoms with Crippen LogP contribution in [-0.2, 0) is 11.4 Å². The highest BCUT2D eigenvalue weighted by Gasteiger charge is 2.30. The highest BCUT2D eigenvalue weighted by Crippen LogP contribution is 2.35. The molecule has 0 saturated carbocycles. The second-order valence-corrected chi connectivity index (χ2v) is 7.86. The molecule has 1 amide bonds. The predicted octanol–water partition coefficient (Wildman–Crippen LogP) is 4.10. The van der Waals surface area contributed by atoms with E-state index < -0.39 is 6.04 Å². The Kier molecular flexibility index (Phi) is 6.85. The molecule has 1 aliphatic rings. The lowest BCUT2D eigenvalue weighted by atomic mass is 9.94. The second-order valence-electron chi connectivity index (χ2n) is 7.45. The van der Waals surface area contributed by atoms with Crippen molar-refractivity contribution in [3.05, 3.63) is 95.5 Å². The van der Waals surface area contributed by atoms with Gasteiger partial charge in [0, 0.05) is 11.9 Å².